The molecule has 2 amide bonds. The largest absolute Gasteiger partial charge is 0.493 e. The van der Waals surface area contributed by atoms with Crippen LogP contribution in [-0.2, 0) is 4.79 Å². The first kappa shape index (κ1) is 18.8. The van der Waals surface area contributed by atoms with Crippen molar-refractivity contribution in [2.45, 2.75) is 19.3 Å². The van der Waals surface area contributed by atoms with Crippen LogP contribution in [-0.4, -0.2) is 56.6 Å². The van der Waals surface area contributed by atoms with Crippen LogP contribution in [0.25, 0.3) is 0 Å². The summed E-state index contributed by atoms with van der Waals surface area (Å²) in [6.07, 6.45) is 3.20. The van der Waals surface area contributed by atoms with Gasteiger partial charge in [-0.25, -0.2) is 0 Å². The van der Waals surface area contributed by atoms with Crippen LogP contribution in [0.1, 0.15) is 29.6 Å². The van der Waals surface area contributed by atoms with Crippen LogP contribution in [0.3, 0.4) is 0 Å². The summed E-state index contributed by atoms with van der Waals surface area (Å²) in [5.74, 6) is -0.186. The molecule has 2 heterocycles. The maximum absolute atomic E-state index is 12.9. The summed E-state index contributed by atoms with van der Waals surface area (Å²) in [6, 6.07) is 3.14. The highest BCUT2D eigenvalue weighted by molar-refractivity contribution is 6.32. The molecule has 0 aliphatic carbocycles. The van der Waals surface area contributed by atoms with Gasteiger partial charge in [-0.3, -0.25) is 9.59 Å². The third-order valence-electron chi connectivity index (χ3n) is 5.28. The quantitative estimate of drug-likeness (QED) is 0.804. The van der Waals surface area contributed by atoms with Gasteiger partial charge in [0.1, 0.15) is 0 Å². The second-order valence-corrected chi connectivity index (χ2v) is 7.37. The molecule has 2 aliphatic rings. The number of carbonyl (C=O) groups is 2. The molecule has 0 saturated carbocycles. The summed E-state index contributed by atoms with van der Waals surface area (Å²) in [5, 5.41) is 3.63. The monoisotopic (exact) mass is 381 g/mol. The zero-order valence-electron chi connectivity index (χ0n) is 14.8. The van der Waals surface area contributed by atoms with E-state index in [1.54, 1.807) is 12.1 Å². The summed E-state index contributed by atoms with van der Waals surface area (Å²) >= 11 is 6.24. The van der Waals surface area contributed by atoms with Crippen molar-refractivity contribution >= 4 is 23.4 Å². The molecule has 0 aromatic heterocycles. The van der Waals surface area contributed by atoms with Crippen LogP contribution >= 0.6 is 11.6 Å². The summed E-state index contributed by atoms with van der Waals surface area (Å²) < 4.78 is 10.6. The molecule has 7 nitrogen and oxygen atoms in total. The smallest absolute Gasteiger partial charge is 0.255 e. The van der Waals surface area contributed by atoms with Gasteiger partial charge in [-0.05, 0) is 43.4 Å². The highest BCUT2D eigenvalue weighted by Gasteiger charge is 2.38. The Morgan fingerprint density at radius 1 is 1.31 bits per heavy atom. The first-order valence-corrected chi connectivity index (χ1v) is 9.10. The second-order valence-electron chi connectivity index (χ2n) is 6.96. The lowest BCUT2D eigenvalue weighted by Crippen LogP contribution is -2.44. The van der Waals surface area contributed by atoms with Gasteiger partial charge in [0.05, 0.1) is 12.1 Å². The third kappa shape index (κ3) is 3.88. The lowest BCUT2D eigenvalue weighted by atomic mass is 9.78. The van der Waals surface area contributed by atoms with Crippen molar-refractivity contribution in [1.29, 1.82) is 0 Å². The molecule has 1 aromatic rings. The van der Waals surface area contributed by atoms with Gasteiger partial charge in [-0.15, -0.1) is 0 Å². The van der Waals surface area contributed by atoms with Gasteiger partial charge in [0.15, 0.2) is 18.1 Å². The summed E-state index contributed by atoms with van der Waals surface area (Å²) in [7, 11) is 1.45. The van der Waals surface area contributed by atoms with Gasteiger partial charge in [0, 0.05) is 25.2 Å². The number of hydrogen-bond acceptors (Lipinski definition) is 5. The van der Waals surface area contributed by atoms with Gasteiger partial charge in [-0.1, -0.05) is 11.6 Å². The zero-order valence-corrected chi connectivity index (χ0v) is 15.6. The fourth-order valence-corrected chi connectivity index (χ4v) is 3.98. The lowest BCUT2D eigenvalue weighted by molar-refractivity contribution is -0.119. The van der Waals surface area contributed by atoms with Crippen LogP contribution in [0.5, 0.6) is 11.5 Å². The van der Waals surface area contributed by atoms with Crippen molar-refractivity contribution in [2.24, 2.45) is 11.1 Å². The molecule has 2 fully saturated rings. The fourth-order valence-electron chi connectivity index (χ4n) is 3.72. The molecule has 2 aliphatic heterocycles. The fraction of sp³-hybridized carbons (Fsp3) is 0.556. The van der Waals surface area contributed by atoms with Crippen LogP contribution in [0.15, 0.2) is 12.1 Å². The van der Waals surface area contributed by atoms with E-state index in [2.05, 4.69) is 5.32 Å². The standard InChI is InChI=1S/C18H24ClN3O4/c1-25-14-9-12(8-13(19)16(14)26-10-15(20)23)17(24)22-6-3-18(4-7-22)2-5-21-11-18/h8-9,21H,2-7,10-11H2,1H3,(H2,20,23). The predicted octanol–water partition coefficient (Wildman–Crippen LogP) is 1.43. The van der Waals surface area contributed by atoms with Crippen LogP contribution < -0.4 is 20.5 Å². The minimum absolute atomic E-state index is 0.0764. The van der Waals surface area contributed by atoms with Gasteiger partial charge in [-0.2, -0.15) is 0 Å². The number of nitrogens with one attached hydrogen (secondary N) is 1. The number of nitrogens with zero attached hydrogens (tertiary/aromatic N) is 1. The zero-order chi connectivity index (χ0) is 18.7. The molecule has 0 bridgehead atoms. The number of nitrogens with two attached hydrogens (primary N) is 1. The van der Waals surface area contributed by atoms with Crippen molar-refractivity contribution in [3.63, 3.8) is 0 Å². The van der Waals surface area contributed by atoms with E-state index in [0.29, 0.717) is 16.7 Å². The molecule has 1 aromatic carbocycles. The molecule has 3 rings (SSSR count). The Balaban J connectivity index is 1.73. The van der Waals surface area contributed by atoms with E-state index in [-0.39, 0.29) is 23.3 Å². The van der Waals surface area contributed by atoms with E-state index in [1.807, 2.05) is 4.90 Å². The minimum atomic E-state index is -0.619. The molecule has 0 unspecified atom stereocenters. The van der Waals surface area contributed by atoms with E-state index in [1.165, 1.54) is 13.5 Å². The number of benzene rings is 1. The summed E-state index contributed by atoms with van der Waals surface area (Å²) in [4.78, 5) is 25.7. The van der Waals surface area contributed by atoms with Crippen LogP contribution in [0.4, 0.5) is 0 Å². The van der Waals surface area contributed by atoms with Crippen LogP contribution in [0, 0.1) is 5.41 Å². The Morgan fingerprint density at radius 2 is 2.04 bits per heavy atom. The number of likely N-dealkylation sites (tertiary alicyclic amines) is 1. The molecule has 3 N–H and O–H groups in total. The van der Waals surface area contributed by atoms with Crippen molar-refractivity contribution in [3.8, 4) is 11.5 Å². The Kier molecular flexibility index (Phi) is 5.58. The number of hydrogen-bond donors (Lipinski definition) is 2. The summed E-state index contributed by atoms with van der Waals surface area (Å²) in [5.41, 5.74) is 5.88. The van der Waals surface area contributed by atoms with Gasteiger partial charge >= 0.3 is 0 Å². The third-order valence-corrected chi connectivity index (χ3v) is 5.56. The van der Waals surface area contributed by atoms with Crippen LogP contribution in [0.2, 0.25) is 5.02 Å². The average Bonchev–Trinajstić information content (AvgIpc) is 3.08. The molecular weight excluding hydrogens is 358 g/mol. The molecule has 142 valence electrons. The van der Waals surface area contributed by atoms with E-state index >= 15 is 0 Å². The predicted molar refractivity (Wildman–Crippen MR) is 97.8 cm³/mol. The summed E-state index contributed by atoms with van der Waals surface area (Å²) in [6.45, 7) is 3.26. The van der Waals surface area contributed by atoms with E-state index in [9.17, 15) is 9.59 Å². The number of halogens is 1. The normalized spacial score (nSPS) is 18.8. The maximum Gasteiger partial charge on any atom is 0.255 e. The number of amides is 2. The molecule has 0 atom stereocenters. The molecule has 0 radical (unpaired) electrons. The van der Waals surface area contributed by atoms with E-state index in [4.69, 9.17) is 26.8 Å². The topological polar surface area (TPSA) is 93.9 Å². The number of rotatable bonds is 5. The molecular formula is C18H24ClN3O4. The molecule has 2 saturated heterocycles. The van der Waals surface area contributed by atoms with Crippen molar-refractivity contribution in [2.75, 3.05) is 39.9 Å². The number of methoxy groups -OCH3 is 1. The first-order chi connectivity index (χ1) is 12.4. The van der Waals surface area contributed by atoms with E-state index in [0.717, 1.165) is 39.0 Å². The Morgan fingerprint density at radius 3 is 2.62 bits per heavy atom. The highest BCUT2D eigenvalue weighted by Crippen LogP contribution is 2.39. The Labute approximate surface area is 157 Å². The van der Waals surface area contributed by atoms with Gasteiger partial charge in [0.2, 0.25) is 0 Å². The van der Waals surface area contributed by atoms with Gasteiger partial charge < -0.3 is 25.4 Å². The Hall–Kier alpha value is -1.99. The highest BCUT2D eigenvalue weighted by atomic mass is 35.5. The molecule has 8 heteroatoms. The van der Waals surface area contributed by atoms with Crippen molar-refractivity contribution in [3.05, 3.63) is 22.7 Å². The molecule has 1 spiro atoms. The Bertz CT molecular complexity index is 694. The first-order valence-electron chi connectivity index (χ1n) is 8.73. The average molecular weight is 382 g/mol. The second kappa shape index (κ2) is 7.72. The van der Waals surface area contributed by atoms with Crippen molar-refractivity contribution < 1.29 is 19.1 Å². The number of primary amides is 1. The maximum atomic E-state index is 12.9. The van der Waals surface area contributed by atoms with Crippen molar-refractivity contribution in [1.82, 2.24) is 10.2 Å². The number of ether oxygens (including phenoxy) is 2. The molecule has 26 heavy (non-hydrogen) atoms. The minimum Gasteiger partial charge on any atom is -0.493 e. The lowest BCUT2D eigenvalue weighted by Gasteiger charge is -2.39. The van der Waals surface area contributed by atoms with Gasteiger partial charge in [0.25, 0.3) is 11.8 Å². The van der Waals surface area contributed by atoms with E-state index < -0.39 is 5.91 Å². The SMILES string of the molecule is COc1cc(C(=O)N2CCC3(CCNC3)CC2)cc(Cl)c1OCC(N)=O. The number of carbonyl (C=O) groups excluding carboxylic acids is 2. The number of piperidine rings is 1.